The van der Waals surface area contributed by atoms with E-state index in [1.807, 2.05) is 6.92 Å². The normalized spacial score (nSPS) is 18.5. The van der Waals surface area contributed by atoms with Crippen LogP contribution in [0.3, 0.4) is 0 Å². The highest BCUT2D eigenvalue weighted by Crippen LogP contribution is 2.43. The maximum Gasteiger partial charge on any atom is 0.419 e. The summed E-state index contributed by atoms with van der Waals surface area (Å²) >= 11 is 0. The van der Waals surface area contributed by atoms with Gasteiger partial charge in [0.05, 0.1) is 24.9 Å². The quantitative estimate of drug-likeness (QED) is 0.311. The maximum atomic E-state index is 15.3. The standard InChI is InChI=1S/C29H30F4O2/c1-3-5-19-6-17-26(35-18-19)22-9-7-20(8-10-22)24-15-16-25(28(30)27(24)29(31,32)33)21-11-13-23(14-12-21)34-4-2/h7-16,19,26H,3-6,17-18H2,1-2H3. The summed E-state index contributed by atoms with van der Waals surface area (Å²) < 4.78 is 68.9. The molecule has 0 amide bonds. The molecule has 1 heterocycles. The highest BCUT2D eigenvalue weighted by molar-refractivity contribution is 5.75. The zero-order chi connectivity index (χ0) is 25.0. The number of ether oxygens (including phenoxy) is 2. The van der Waals surface area contributed by atoms with E-state index in [4.69, 9.17) is 9.47 Å². The molecule has 2 nitrogen and oxygen atoms in total. The first-order valence-corrected chi connectivity index (χ1v) is 12.2. The van der Waals surface area contributed by atoms with E-state index in [0.29, 0.717) is 36.0 Å². The van der Waals surface area contributed by atoms with E-state index in [2.05, 4.69) is 6.92 Å². The Hall–Kier alpha value is -2.86. The van der Waals surface area contributed by atoms with Gasteiger partial charge < -0.3 is 9.47 Å². The van der Waals surface area contributed by atoms with Gasteiger partial charge in [0.1, 0.15) is 11.6 Å². The Bertz CT molecular complexity index is 1110. The van der Waals surface area contributed by atoms with Gasteiger partial charge in [-0.1, -0.05) is 61.9 Å². The summed E-state index contributed by atoms with van der Waals surface area (Å²) in [4.78, 5) is 0. The van der Waals surface area contributed by atoms with Crippen LogP contribution < -0.4 is 4.74 Å². The van der Waals surface area contributed by atoms with Crippen molar-refractivity contribution in [2.75, 3.05) is 13.2 Å². The largest absolute Gasteiger partial charge is 0.494 e. The highest BCUT2D eigenvalue weighted by Gasteiger charge is 2.38. The smallest absolute Gasteiger partial charge is 0.419 e. The minimum atomic E-state index is -4.85. The molecular weight excluding hydrogens is 456 g/mol. The minimum Gasteiger partial charge on any atom is -0.494 e. The number of rotatable bonds is 7. The molecule has 35 heavy (non-hydrogen) atoms. The highest BCUT2D eigenvalue weighted by atomic mass is 19.4. The van der Waals surface area contributed by atoms with Gasteiger partial charge in [0.2, 0.25) is 0 Å². The maximum absolute atomic E-state index is 15.3. The van der Waals surface area contributed by atoms with Crippen LogP contribution in [0.1, 0.15) is 56.8 Å². The lowest BCUT2D eigenvalue weighted by Crippen LogP contribution is -2.20. The Morgan fingerprint density at radius 1 is 0.857 bits per heavy atom. The molecule has 0 radical (unpaired) electrons. The number of hydrogen-bond donors (Lipinski definition) is 0. The third kappa shape index (κ3) is 5.69. The van der Waals surface area contributed by atoms with Gasteiger partial charge in [-0.05, 0) is 66.5 Å². The molecule has 186 valence electrons. The van der Waals surface area contributed by atoms with Gasteiger partial charge in [-0.3, -0.25) is 0 Å². The Labute approximate surface area is 203 Å². The predicted molar refractivity (Wildman–Crippen MR) is 130 cm³/mol. The van der Waals surface area contributed by atoms with Crippen molar-refractivity contribution in [1.29, 1.82) is 0 Å². The second kappa shape index (κ2) is 10.8. The van der Waals surface area contributed by atoms with Crippen molar-refractivity contribution in [3.8, 4) is 28.0 Å². The molecule has 4 rings (SSSR count). The predicted octanol–water partition coefficient (Wildman–Crippen LogP) is 8.85. The fraction of sp³-hybridized carbons (Fsp3) is 0.379. The van der Waals surface area contributed by atoms with E-state index in [-0.39, 0.29) is 17.2 Å². The van der Waals surface area contributed by atoms with Crippen LogP contribution >= 0.6 is 0 Å². The fourth-order valence-corrected chi connectivity index (χ4v) is 4.80. The molecule has 0 N–H and O–H groups in total. The molecule has 2 atom stereocenters. The number of alkyl halides is 3. The Morgan fingerprint density at radius 3 is 2.06 bits per heavy atom. The molecule has 6 heteroatoms. The Balaban J connectivity index is 1.63. The summed E-state index contributed by atoms with van der Waals surface area (Å²) in [6, 6.07) is 15.9. The van der Waals surface area contributed by atoms with Crippen molar-refractivity contribution in [1.82, 2.24) is 0 Å². The van der Waals surface area contributed by atoms with Crippen LogP contribution in [-0.2, 0) is 10.9 Å². The lowest BCUT2D eigenvalue weighted by Gasteiger charge is -2.29. The molecule has 2 unspecified atom stereocenters. The topological polar surface area (TPSA) is 18.5 Å². The molecule has 0 aromatic heterocycles. The molecule has 0 saturated carbocycles. The summed E-state index contributed by atoms with van der Waals surface area (Å²) in [5.74, 6) is -0.130. The first-order chi connectivity index (χ1) is 16.8. The van der Waals surface area contributed by atoms with Gasteiger partial charge in [-0.25, -0.2) is 4.39 Å². The lowest BCUT2D eigenvalue weighted by molar-refractivity contribution is -0.139. The summed E-state index contributed by atoms with van der Waals surface area (Å²) in [6.07, 6.45) is -0.662. The second-order valence-corrected chi connectivity index (χ2v) is 8.98. The van der Waals surface area contributed by atoms with E-state index < -0.39 is 17.6 Å². The molecule has 1 saturated heterocycles. The number of halogens is 4. The molecule has 3 aromatic rings. The van der Waals surface area contributed by atoms with Crippen LogP contribution in [0.5, 0.6) is 5.75 Å². The van der Waals surface area contributed by atoms with Crippen molar-refractivity contribution < 1.29 is 27.0 Å². The van der Waals surface area contributed by atoms with Crippen LogP contribution in [0.4, 0.5) is 17.6 Å². The van der Waals surface area contributed by atoms with Crippen molar-refractivity contribution >= 4 is 0 Å². The van der Waals surface area contributed by atoms with Gasteiger partial charge in [-0.15, -0.1) is 0 Å². The van der Waals surface area contributed by atoms with Crippen molar-refractivity contribution in [3.63, 3.8) is 0 Å². The van der Waals surface area contributed by atoms with E-state index in [1.54, 1.807) is 48.5 Å². The summed E-state index contributed by atoms with van der Waals surface area (Å²) in [5, 5.41) is 0. The molecule has 1 fully saturated rings. The first-order valence-electron chi connectivity index (χ1n) is 12.2. The van der Waals surface area contributed by atoms with Gasteiger partial charge in [0.25, 0.3) is 0 Å². The van der Waals surface area contributed by atoms with Crippen LogP contribution in [0.15, 0.2) is 60.7 Å². The van der Waals surface area contributed by atoms with Gasteiger partial charge in [0, 0.05) is 5.56 Å². The second-order valence-electron chi connectivity index (χ2n) is 8.98. The molecule has 1 aliphatic rings. The van der Waals surface area contributed by atoms with Crippen LogP contribution in [0.2, 0.25) is 0 Å². The lowest BCUT2D eigenvalue weighted by atomic mass is 9.90. The zero-order valence-electron chi connectivity index (χ0n) is 20.0. The monoisotopic (exact) mass is 486 g/mol. The third-order valence-electron chi connectivity index (χ3n) is 6.56. The molecule has 1 aliphatic heterocycles. The third-order valence-corrected chi connectivity index (χ3v) is 6.56. The van der Waals surface area contributed by atoms with Crippen LogP contribution in [0, 0.1) is 11.7 Å². The van der Waals surface area contributed by atoms with Gasteiger partial charge in [0.15, 0.2) is 0 Å². The fourth-order valence-electron chi connectivity index (χ4n) is 4.80. The van der Waals surface area contributed by atoms with Crippen molar-refractivity contribution in [2.45, 2.75) is 51.8 Å². The van der Waals surface area contributed by atoms with Gasteiger partial charge in [-0.2, -0.15) is 13.2 Å². The summed E-state index contributed by atoms with van der Waals surface area (Å²) in [7, 11) is 0. The van der Waals surface area contributed by atoms with Crippen LogP contribution in [-0.4, -0.2) is 13.2 Å². The van der Waals surface area contributed by atoms with Crippen molar-refractivity contribution in [3.05, 3.63) is 77.6 Å². The summed E-state index contributed by atoms with van der Waals surface area (Å²) in [5.41, 5.74) is 0.0746. The average Bonchev–Trinajstić information content (AvgIpc) is 2.85. The number of benzene rings is 3. The number of hydrogen-bond acceptors (Lipinski definition) is 2. The van der Waals surface area contributed by atoms with Gasteiger partial charge >= 0.3 is 6.18 Å². The molecule has 0 bridgehead atoms. The average molecular weight is 487 g/mol. The van der Waals surface area contributed by atoms with E-state index in [1.165, 1.54) is 12.1 Å². The minimum absolute atomic E-state index is 0.0574. The molecule has 0 aliphatic carbocycles. The summed E-state index contributed by atoms with van der Waals surface area (Å²) in [6.45, 7) is 5.16. The Kier molecular flexibility index (Phi) is 7.80. The van der Waals surface area contributed by atoms with E-state index in [9.17, 15) is 13.2 Å². The van der Waals surface area contributed by atoms with E-state index in [0.717, 1.165) is 31.2 Å². The first kappa shape index (κ1) is 25.2. The SMILES string of the molecule is CCCC1CCC(c2ccc(-c3ccc(-c4ccc(OCC)cc4)c(F)c3C(F)(F)F)cc2)OC1. The van der Waals surface area contributed by atoms with E-state index >= 15 is 4.39 Å². The molecule has 3 aromatic carbocycles. The Morgan fingerprint density at radius 2 is 1.49 bits per heavy atom. The zero-order valence-corrected chi connectivity index (χ0v) is 20.0. The molecular formula is C29H30F4O2. The van der Waals surface area contributed by atoms with Crippen molar-refractivity contribution in [2.24, 2.45) is 5.92 Å². The molecule has 0 spiro atoms. The van der Waals surface area contributed by atoms with Crippen LogP contribution in [0.25, 0.3) is 22.3 Å².